The molecule has 1 aliphatic rings. The van der Waals surface area contributed by atoms with Gasteiger partial charge in [-0.05, 0) is 6.07 Å². The molecule has 2 aromatic heterocycles. The maximum Gasteiger partial charge on any atom is 0.303 e. The molecule has 1 saturated heterocycles. The van der Waals surface area contributed by atoms with E-state index >= 15 is 0 Å². The minimum atomic E-state index is -1.36. The molecule has 5 atom stereocenters. The summed E-state index contributed by atoms with van der Waals surface area (Å²) in [7, 11) is 0. The van der Waals surface area contributed by atoms with Crippen molar-refractivity contribution in [1.29, 1.82) is 0 Å². The Morgan fingerprint density at radius 2 is 1.58 bits per heavy atom. The lowest BCUT2D eigenvalue weighted by atomic mass is 9.97. The van der Waals surface area contributed by atoms with Gasteiger partial charge in [0.1, 0.15) is 18.4 Å². The molecule has 0 aliphatic carbocycles. The predicted molar refractivity (Wildman–Crippen MR) is 120 cm³/mol. The van der Waals surface area contributed by atoms with E-state index in [1.165, 1.54) is 36.3 Å². The summed E-state index contributed by atoms with van der Waals surface area (Å²) < 4.78 is 28.4. The Hall–Kier alpha value is -4.47. The van der Waals surface area contributed by atoms with Gasteiger partial charge in [0.2, 0.25) is 0 Å². The van der Waals surface area contributed by atoms with Gasteiger partial charge in [0.05, 0.1) is 30.7 Å². The first-order chi connectivity index (χ1) is 18.0. The Labute approximate surface area is 215 Å². The predicted octanol–water partition coefficient (Wildman–Crippen LogP) is -0.746. The summed E-state index contributed by atoms with van der Waals surface area (Å²) in [5.74, 6) is -3.32. The van der Waals surface area contributed by atoms with Crippen LogP contribution in [0, 0.1) is 0 Å². The molecular formula is C22H26N6O10. The van der Waals surface area contributed by atoms with E-state index in [4.69, 9.17) is 23.7 Å². The number of carbonyl (C=O) groups excluding carboxylic acids is 5. The Morgan fingerprint density at radius 3 is 2.18 bits per heavy atom. The molecule has 2 aromatic rings. The third-order valence-corrected chi connectivity index (χ3v) is 5.06. The smallest absolute Gasteiger partial charge is 0.303 e. The number of rotatable bonds is 9. The van der Waals surface area contributed by atoms with Crippen LogP contribution in [0.15, 0.2) is 24.7 Å². The maximum atomic E-state index is 12.3. The number of esters is 4. The van der Waals surface area contributed by atoms with Crippen LogP contribution in [-0.2, 0) is 49.4 Å². The largest absolute Gasteiger partial charge is 0.463 e. The average molecular weight is 534 g/mol. The number of aromatic nitrogens is 5. The quantitative estimate of drug-likeness (QED) is 0.311. The van der Waals surface area contributed by atoms with Crippen LogP contribution in [0.5, 0.6) is 0 Å². The third-order valence-electron chi connectivity index (χ3n) is 5.06. The van der Waals surface area contributed by atoms with Crippen molar-refractivity contribution in [3.63, 3.8) is 0 Å². The molecule has 204 valence electrons. The van der Waals surface area contributed by atoms with Gasteiger partial charge in [-0.25, -0.2) is 4.68 Å². The molecule has 1 aliphatic heterocycles. The van der Waals surface area contributed by atoms with Crippen LogP contribution in [0.25, 0.3) is 0 Å². The SMILES string of the molecule is CC(=O)OC[C@H]1O[C@@H](n2cc(CNC(=O)c3ccnnc3)nn2)[C@H](OC(C)=O)[C@@H](OC(C)=O)[C@@H]1OC(C)=O. The zero-order chi connectivity index (χ0) is 27.8. The fourth-order valence-corrected chi connectivity index (χ4v) is 3.64. The minimum absolute atomic E-state index is 0.0353. The number of hydrogen-bond donors (Lipinski definition) is 1. The summed E-state index contributed by atoms with van der Waals surface area (Å²) in [5.41, 5.74) is 0.584. The summed E-state index contributed by atoms with van der Waals surface area (Å²) >= 11 is 0. The van der Waals surface area contributed by atoms with Gasteiger partial charge in [-0.1, -0.05) is 5.21 Å². The van der Waals surface area contributed by atoms with E-state index in [1.54, 1.807) is 0 Å². The number of carbonyl (C=O) groups is 5. The van der Waals surface area contributed by atoms with E-state index in [0.717, 1.165) is 20.8 Å². The van der Waals surface area contributed by atoms with Gasteiger partial charge >= 0.3 is 23.9 Å². The summed E-state index contributed by atoms with van der Waals surface area (Å²) in [4.78, 5) is 59.5. The fraction of sp³-hybridized carbons (Fsp3) is 0.500. The topological polar surface area (TPSA) is 200 Å². The molecule has 0 saturated carbocycles. The Balaban J connectivity index is 1.89. The van der Waals surface area contributed by atoms with E-state index in [-0.39, 0.29) is 18.7 Å². The molecule has 38 heavy (non-hydrogen) atoms. The van der Waals surface area contributed by atoms with E-state index in [1.807, 2.05) is 0 Å². The standard InChI is InChI=1S/C22H26N6O10/c1-11(29)34-10-17-18(35-12(2)30)19(36-13(3)31)20(37-14(4)32)22(38-17)28-9-16(26-27-28)8-23-21(33)15-5-6-24-25-7-15/h5-7,9,17-20,22H,8,10H2,1-4H3,(H,23,33)/t17-,18-,19+,20-,22-/m1/s1. The zero-order valence-electron chi connectivity index (χ0n) is 20.9. The summed E-state index contributed by atoms with van der Waals surface area (Å²) in [5, 5.41) is 17.9. The molecule has 3 heterocycles. The van der Waals surface area contributed by atoms with Crippen molar-refractivity contribution >= 4 is 29.8 Å². The summed E-state index contributed by atoms with van der Waals surface area (Å²) in [6, 6.07) is 1.48. The van der Waals surface area contributed by atoms with Crippen LogP contribution in [0.3, 0.4) is 0 Å². The Morgan fingerprint density at radius 1 is 0.921 bits per heavy atom. The summed E-state index contributed by atoms with van der Waals surface area (Å²) in [6.07, 6.45) is -2.32. The van der Waals surface area contributed by atoms with Crippen molar-refractivity contribution < 1.29 is 47.7 Å². The average Bonchev–Trinajstić information content (AvgIpc) is 3.32. The van der Waals surface area contributed by atoms with Crippen LogP contribution in [-0.4, -0.2) is 86.0 Å². The van der Waals surface area contributed by atoms with Gasteiger partial charge in [-0.3, -0.25) is 24.0 Å². The molecule has 0 aromatic carbocycles. The molecule has 0 spiro atoms. The first-order valence-corrected chi connectivity index (χ1v) is 11.3. The summed E-state index contributed by atoms with van der Waals surface area (Å²) in [6.45, 7) is 4.13. The van der Waals surface area contributed by atoms with E-state index in [2.05, 4.69) is 25.8 Å². The first kappa shape index (κ1) is 28.1. The van der Waals surface area contributed by atoms with Gasteiger partial charge < -0.3 is 29.0 Å². The molecule has 0 bridgehead atoms. The maximum absolute atomic E-state index is 12.3. The van der Waals surface area contributed by atoms with Crippen LogP contribution in [0.2, 0.25) is 0 Å². The molecular weight excluding hydrogens is 508 g/mol. The lowest BCUT2D eigenvalue weighted by Gasteiger charge is -2.44. The number of hydrogen-bond acceptors (Lipinski definition) is 14. The van der Waals surface area contributed by atoms with Gasteiger partial charge in [-0.15, -0.1) is 5.10 Å². The molecule has 1 fully saturated rings. The molecule has 16 heteroatoms. The van der Waals surface area contributed by atoms with Gasteiger partial charge in [0, 0.05) is 27.7 Å². The fourth-order valence-electron chi connectivity index (χ4n) is 3.64. The van der Waals surface area contributed by atoms with Gasteiger partial charge in [0.15, 0.2) is 24.5 Å². The molecule has 1 amide bonds. The van der Waals surface area contributed by atoms with Crippen LogP contribution >= 0.6 is 0 Å². The molecule has 3 rings (SSSR count). The lowest BCUT2D eigenvalue weighted by Crippen LogP contribution is -2.60. The third kappa shape index (κ3) is 7.52. The highest BCUT2D eigenvalue weighted by Gasteiger charge is 2.53. The second kappa shape index (κ2) is 12.7. The van der Waals surface area contributed by atoms with Crippen molar-refractivity contribution in [2.45, 2.75) is 64.9 Å². The van der Waals surface area contributed by atoms with Crippen molar-refractivity contribution in [3.05, 3.63) is 35.9 Å². The minimum Gasteiger partial charge on any atom is -0.463 e. The van der Waals surface area contributed by atoms with Gasteiger partial charge in [-0.2, -0.15) is 10.2 Å². The van der Waals surface area contributed by atoms with Crippen LogP contribution < -0.4 is 5.32 Å². The highest BCUT2D eigenvalue weighted by atomic mass is 16.7. The number of ether oxygens (including phenoxy) is 5. The van der Waals surface area contributed by atoms with E-state index < -0.39 is 60.4 Å². The number of nitrogens with one attached hydrogen (secondary N) is 1. The van der Waals surface area contributed by atoms with Crippen molar-refractivity contribution in [3.8, 4) is 0 Å². The van der Waals surface area contributed by atoms with Crippen molar-refractivity contribution in [2.24, 2.45) is 0 Å². The lowest BCUT2D eigenvalue weighted by molar-refractivity contribution is -0.270. The highest BCUT2D eigenvalue weighted by molar-refractivity contribution is 5.93. The Kier molecular flexibility index (Phi) is 9.37. The monoisotopic (exact) mass is 534 g/mol. The normalized spacial score (nSPS) is 22.6. The van der Waals surface area contributed by atoms with Crippen molar-refractivity contribution in [2.75, 3.05) is 6.61 Å². The first-order valence-electron chi connectivity index (χ1n) is 11.3. The highest BCUT2D eigenvalue weighted by Crippen LogP contribution is 2.34. The second-order valence-corrected chi connectivity index (χ2v) is 8.09. The van der Waals surface area contributed by atoms with Crippen LogP contribution in [0.4, 0.5) is 0 Å². The molecule has 0 radical (unpaired) electrons. The van der Waals surface area contributed by atoms with E-state index in [0.29, 0.717) is 5.69 Å². The number of amides is 1. The molecule has 1 N–H and O–H groups in total. The van der Waals surface area contributed by atoms with Gasteiger partial charge in [0.25, 0.3) is 5.91 Å². The number of nitrogens with zero attached hydrogens (tertiary/aromatic N) is 5. The van der Waals surface area contributed by atoms with Crippen LogP contribution in [0.1, 0.15) is 50.0 Å². The zero-order valence-corrected chi connectivity index (χ0v) is 20.9. The van der Waals surface area contributed by atoms with E-state index in [9.17, 15) is 24.0 Å². The second-order valence-electron chi connectivity index (χ2n) is 8.09. The molecule has 16 nitrogen and oxygen atoms in total. The van der Waals surface area contributed by atoms with Crippen molar-refractivity contribution in [1.82, 2.24) is 30.5 Å². The molecule has 0 unspecified atom stereocenters. The Bertz CT molecular complexity index is 1170.